The van der Waals surface area contributed by atoms with Gasteiger partial charge in [0, 0.05) is 0 Å². The predicted octanol–water partition coefficient (Wildman–Crippen LogP) is 3.99. The lowest BCUT2D eigenvalue weighted by molar-refractivity contribution is 0.886. The molecular weight excluding hydrogens is 144 g/mol. The minimum absolute atomic E-state index is 1.34. The molecule has 2 aliphatic rings. The van der Waals surface area contributed by atoms with Crippen molar-refractivity contribution in [1.29, 1.82) is 0 Å². The van der Waals surface area contributed by atoms with Crippen molar-refractivity contribution in [2.24, 2.45) is 0 Å². The van der Waals surface area contributed by atoms with Crippen LogP contribution in [0.3, 0.4) is 0 Å². The summed E-state index contributed by atoms with van der Waals surface area (Å²) in [6, 6.07) is 0. The van der Waals surface area contributed by atoms with Gasteiger partial charge in [-0.15, -0.1) is 0 Å². The molecule has 1 saturated carbocycles. The Morgan fingerprint density at radius 2 is 1.67 bits per heavy atom. The van der Waals surface area contributed by atoms with Crippen LogP contribution in [0, 0.1) is 0 Å². The Balaban J connectivity index is 2.09. The van der Waals surface area contributed by atoms with Gasteiger partial charge in [0.15, 0.2) is 0 Å². The summed E-state index contributed by atoms with van der Waals surface area (Å²) in [7, 11) is 0. The van der Waals surface area contributed by atoms with E-state index in [-0.39, 0.29) is 0 Å². The summed E-state index contributed by atoms with van der Waals surface area (Å²) in [4.78, 5) is 0. The molecule has 0 unspecified atom stereocenters. The molecule has 0 heterocycles. The lowest BCUT2D eigenvalue weighted by atomic mass is 10.1. The monoisotopic (exact) mass is 162 g/mol. The van der Waals surface area contributed by atoms with Crippen molar-refractivity contribution in [3.05, 3.63) is 22.8 Å². The molecule has 2 rings (SSSR count). The van der Waals surface area contributed by atoms with E-state index in [0.29, 0.717) is 0 Å². The minimum atomic E-state index is 1.34. The van der Waals surface area contributed by atoms with Gasteiger partial charge in [-0.3, -0.25) is 0 Å². The third-order valence-corrected chi connectivity index (χ3v) is 3.17. The van der Waals surface area contributed by atoms with E-state index in [0.717, 1.165) is 0 Å². The van der Waals surface area contributed by atoms with Gasteiger partial charge in [0.05, 0.1) is 0 Å². The fourth-order valence-electron chi connectivity index (χ4n) is 2.33. The van der Waals surface area contributed by atoms with Gasteiger partial charge in [-0.05, 0) is 57.4 Å². The highest BCUT2D eigenvalue weighted by molar-refractivity contribution is 5.31. The van der Waals surface area contributed by atoms with Crippen molar-refractivity contribution in [3.8, 4) is 0 Å². The van der Waals surface area contributed by atoms with Crippen molar-refractivity contribution < 1.29 is 0 Å². The number of hydrogen-bond acceptors (Lipinski definition) is 0. The van der Waals surface area contributed by atoms with Gasteiger partial charge in [0.2, 0.25) is 0 Å². The van der Waals surface area contributed by atoms with Gasteiger partial charge in [-0.2, -0.15) is 0 Å². The first-order valence-corrected chi connectivity index (χ1v) is 5.24. The summed E-state index contributed by atoms with van der Waals surface area (Å²) < 4.78 is 0. The fraction of sp³-hybridized carbons (Fsp3) is 0.667. The maximum absolute atomic E-state index is 2.50. The maximum atomic E-state index is 2.50. The van der Waals surface area contributed by atoms with Crippen LogP contribution in [0.15, 0.2) is 22.8 Å². The van der Waals surface area contributed by atoms with Crippen LogP contribution in [-0.2, 0) is 0 Å². The van der Waals surface area contributed by atoms with Gasteiger partial charge in [0.1, 0.15) is 0 Å². The lowest BCUT2D eigenvalue weighted by Crippen LogP contribution is -1.78. The Hall–Kier alpha value is -0.520. The third kappa shape index (κ3) is 1.63. The molecule has 0 aromatic carbocycles. The summed E-state index contributed by atoms with van der Waals surface area (Å²) in [5.41, 5.74) is 5.02. The lowest BCUT2D eigenvalue weighted by Gasteiger charge is -1.98. The van der Waals surface area contributed by atoms with E-state index in [1.54, 1.807) is 16.7 Å². The first-order chi connectivity index (χ1) is 5.86. The van der Waals surface area contributed by atoms with E-state index in [9.17, 15) is 0 Å². The van der Waals surface area contributed by atoms with E-state index < -0.39 is 0 Å². The van der Waals surface area contributed by atoms with E-state index in [1.807, 2.05) is 0 Å². The molecule has 0 N–H and O–H groups in total. The van der Waals surface area contributed by atoms with E-state index in [2.05, 4.69) is 13.0 Å². The first-order valence-electron chi connectivity index (χ1n) is 5.24. The molecule has 12 heavy (non-hydrogen) atoms. The molecule has 0 amide bonds. The highest BCUT2D eigenvalue weighted by Crippen LogP contribution is 2.31. The molecule has 2 aliphatic carbocycles. The Morgan fingerprint density at radius 3 is 2.25 bits per heavy atom. The number of hydrogen-bond donors (Lipinski definition) is 0. The smallest absolute Gasteiger partial charge is 0.0276 e. The van der Waals surface area contributed by atoms with Gasteiger partial charge in [-0.1, -0.05) is 17.2 Å². The molecule has 0 spiro atoms. The minimum Gasteiger partial charge on any atom is -0.0701 e. The second-order valence-corrected chi connectivity index (χ2v) is 4.17. The molecule has 0 atom stereocenters. The molecule has 0 radical (unpaired) electrons. The average molecular weight is 162 g/mol. The van der Waals surface area contributed by atoms with Crippen molar-refractivity contribution in [2.45, 2.75) is 51.9 Å². The molecule has 0 aromatic rings. The molecule has 0 saturated heterocycles. The van der Waals surface area contributed by atoms with Crippen LogP contribution in [0.1, 0.15) is 51.9 Å². The molecule has 0 aliphatic heterocycles. The summed E-state index contributed by atoms with van der Waals surface area (Å²) in [5.74, 6) is 0. The normalized spacial score (nSPS) is 23.9. The quantitative estimate of drug-likeness (QED) is 0.547. The summed E-state index contributed by atoms with van der Waals surface area (Å²) in [6.07, 6.45) is 12.2. The van der Waals surface area contributed by atoms with E-state index in [1.165, 1.54) is 44.9 Å². The molecule has 1 fully saturated rings. The van der Waals surface area contributed by atoms with Crippen LogP contribution < -0.4 is 0 Å². The van der Waals surface area contributed by atoms with Crippen LogP contribution in [0.5, 0.6) is 0 Å². The third-order valence-electron chi connectivity index (χ3n) is 3.17. The topological polar surface area (TPSA) is 0 Å². The van der Waals surface area contributed by atoms with Crippen molar-refractivity contribution in [2.75, 3.05) is 0 Å². The Labute approximate surface area is 75.4 Å². The fourth-order valence-corrected chi connectivity index (χ4v) is 2.33. The zero-order chi connectivity index (χ0) is 8.39. The largest absolute Gasteiger partial charge is 0.0701 e. The van der Waals surface area contributed by atoms with Gasteiger partial charge in [0.25, 0.3) is 0 Å². The highest BCUT2D eigenvalue weighted by atomic mass is 14.2. The average Bonchev–Trinajstić information content (AvgIpc) is 2.65. The Morgan fingerprint density at radius 1 is 0.917 bits per heavy atom. The molecule has 0 aromatic heterocycles. The van der Waals surface area contributed by atoms with Crippen molar-refractivity contribution in [1.82, 2.24) is 0 Å². The highest BCUT2D eigenvalue weighted by Gasteiger charge is 2.11. The standard InChI is InChI=1S/C12H18/c1-10-5-4-8-12(10)9-11-6-2-3-7-11/h9H,2-8H2,1H3. The second kappa shape index (κ2) is 3.47. The van der Waals surface area contributed by atoms with Gasteiger partial charge < -0.3 is 0 Å². The molecule has 0 heteroatoms. The first kappa shape index (κ1) is 8.10. The summed E-state index contributed by atoms with van der Waals surface area (Å²) in [5, 5.41) is 0. The maximum Gasteiger partial charge on any atom is -0.0276 e. The van der Waals surface area contributed by atoms with Gasteiger partial charge in [-0.25, -0.2) is 0 Å². The zero-order valence-electron chi connectivity index (χ0n) is 8.03. The SMILES string of the molecule is CC1=C(C=C2CCCC2)CCC1. The second-order valence-electron chi connectivity index (χ2n) is 4.17. The van der Waals surface area contributed by atoms with Crippen LogP contribution in [-0.4, -0.2) is 0 Å². The van der Waals surface area contributed by atoms with Crippen molar-refractivity contribution in [3.63, 3.8) is 0 Å². The van der Waals surface area contributed by atoms with Crippen LogP contribution >= 0.6 is 0 Å². The summed E-state index contributed by atoms with van der Waals surface area (Å²) in [6.45, 7) is 2.30. The number of allylic oxidation sites excluding steroid dienone is 4. The van der Waals surface area contributed by atoms with E-state index >= 15 is 0 Å². The Kier molecular flexibility index (Phi) is 2.34. The predicted molar refractivity (Wildman–Crippen MR) is 53.1 cm³/mol. The molecule has 66 valence electrons. The number of rotatable bonds is 1. The molecule has 0 bridgehead atoms. The van der Waals surface area contributed by atoms with Crippen LogP contribution in [0.2, 0.25) is 0 Å². The Bertz CT molecular complexity index is 222. The van der Waals surface area contributed by atoms with E-state index in [4.69, 9.17) is 0 Å². The van der Waals surface area contributed by atoms with Gasteiger partial charge >= 0.3 is 0 Å². The van der Waals surface area contributed by atoms with Crippen LogP contribution in [0.25, 0.3) is 0 Å². The molecule has 0 nitrogen and oxygen atoms in total. The van der Waals surface area contributed by atoms with Crippen molar-refractivity contribution >= 4 is 0 Å². The zero-order valence-corrected chi connectivity index (χ0v) is 8.03. The molecular formula is C12H18. The van der Waals surface area contributed by atoms with Crippen LogP contribution in [0.4, 0.5) is 0 Å². The summed E-state index contributed by atoms with van der Waals surface area (Å²) >= 11 is 0.